The van der Waals surface area contributed by atoms with Crippen LogP contribution in [0.15, 0.2) is 16.8 Å². The van der Waals surface area contributed by atoms with Gasteiger partial charge in [-0.2, -0.15) is 11.3 Å². The fourth-order valence-corrected chi connectivity index (χ4v) is 4.12. The Kier molecular flexibility index (Phi) is 4.66. The number of nitrogens with zero attached hydrogens (tertiary/aromatic N) is 2. The fraction of sp³-hybridized carbons (Fsp3) is 0.625. The smallest absolute Gasteiger partial charge is 0.318 e. The van der Waals surface area contributed by atoms with E-state index in [-0.39, 0.29) is 24.0 Å². The van der Waals surface area contributed by atoms with Crippen LogP contribution < -0.4 is 5.32 Å². The van der Waals surface area contributed by atoms with E-state index >= 15 is 0 Å². The number of likely N-dealkylation sites (tertiary alicyclic amines) is 2. The summed E-state index contributed by atoms with van der Waals surface area (Å²) >= 11 is 1.68. The number of carbonyl (C=O) groups is 2. The molecule has 2 aliphatic heterocycles. The minimum absolute atomic E-state index is 0.0509. The lowest BCUT2D eigenvalue weighted by Crippen LogP contribution is -2.49. The summed E-state index contributed by atoms with van der Waals surface area (Å²) in [4.78, 5) is 27.7. The predicted molar refractivity (Wildman–Crippen MR) is 86.8 cm³/mol. The molecule has 0 unspecified atom stereocenters. The molecule has 6 heteroatoms. The highest BCUT2D eigenvalue weighted by molar-refractivity contribution is 7.07. The molecule has 120 valence electrons. The van der Waals surface area contributed by atoms with Crippen molar-refractivity contribution in [1.29, 1.82) is 0 Å². The molecule has 0 radical (unpaired) electrons. The van der Waals surface area contributed by atoms with Crippen LogP contribution in [0.5, 0.6) is 0 Å². The van der Waals surface area contributed by atoms with Crippen molar-refractivity contribution in [2.75, 3.05) is 19.6 Å². The van der Waals surface area contributed by atoms with Crippen molar-refractivity contribution in [1.82, 2.24) is 15.1 Å². The van der Waals surface area contributed by atoms with Crippen LogP contribution in [0.4, 0.5) is 4.79 Å². The van der Waals surface area contributed by atoms with Crippen molar-refractivity contribution in [3.05, 3.63) is 22.4 Å². The second kappa shape index (κ2) is 6.69. The molecule has 0 spiro atoms. The summed E-state index contributed by atoms with van der Waals surface area (Å²) in [5, 5.41) is 7.38. The highest BCUT2D eigenvalue weighted by Crippen LogP contribution is 2.33. The van der Waals surface area contributed by atoms with Gasteiger partial charge < -0.3 is 15.1 Å². The molecule has 2 aliphatic rings. The van der Waals surface area contributed by atoms with E-state index in [0.717, 1.165) is 45.3 Å². The first-order chi connectivity index (χ1) is 10.6. The van der Waals surface area contributed by atoms with Gasteiger partial charge in [-0.15, -0.1) is 0 Å². The Morgan fingerprint density at radius 2 is 2.00 bits per heavy atom. The second-order valence-electron chi connectivity index (χ2n) is 6.14. The molecule has 0 aliphatic carbocycles. The van der Waals surface area contributed by atoms with Gasteiger partial charge >= 0.3 is 6.03 Å². The monoisotopic (exact) mass is 321 g/mol. The van der Waals surface area contributed by atoms with Crippen molar-refractivity contribution in [2.45, 2.75) is 44.7 Å². The minimum atomic E-state index is 0.0509. The molecular formula is C16H23N3O2S. The molecule has 0 bridgehead atoms. The Labute approximate surface area is 135 Å². The Bertz CT molecular complexity index is 524. The number of carbonyl (C=O) groups excluding carboxylic acids is 2. The zero-order chi connectivity index (χ0) is 15.5. The number of hydrogen-bond acceptors (Lipinski definition) is 3. The van der Waals surface area contributed by atoms with Crippen molar-refractivity contribution in [3.8, 4) is 0 Å². The molecule has 0 saturated carbocycles. The van der Waals surface area contributed by atoms with E-state index in [4.69, 9.17) is 0 Å². The van der Waals surface area contributed by atoms with Crippen LogP contribution >= 0.6 is 11.3 Å². The Morgan fingerprint density at radius 1 is 1.23 bits per heavy atom. The van der Waals surface area contributed by atoms with E-state index < -0.39 is 0 Å². The minimum Gasteiger partial charge on any atom is -0.343 e. The molecule has 1 N–H and O–H groups in total. The van der Waals surface area contributed by atoms with E-state index in [2.05, 4.69) is 22.1 Å². The van der Waals surface area contributed by atoms with Gasteiger partial charge in [-0.25, -0.2) is 4.79 Å². The van der Waals surface area contributed by atoms with Crippen LogP contribution in [0.2, 0.25) is 0 Å². The quantitative estimate of drug-likeness (QED) is 0.910. The van der Waals surface area contributed by atoms with Crippen molar-refractivity contribution in [3.63, 3.8) is 0 Å². The Hall–Kier alpha value is -1.56. The summed E-state index contributed by atoms with van der Waals surface area (Å²) in [6.45, 7) is 3.93. The maximum Gasteiger partial charge on any atom is 0.318 e. The third kappa shape index (κ3) is 3.27. The average Bonchev–Trinajstić information content (AvgIpc) is 3.18. The molecule has 2 fully saturated rings. The molecule has 1 atom stereocenters. The molecular weight excluding hydrogens is 298 g/mol. The average molecular weight is 321 g/mol. The van der Waals surface area contributed by atoms with E-state index in [1.165, 1.54) is 5.56 Å². The first-order valence-electron chi connectivity index (χ1n) is 8.00. The molecule has 3 amide bonds. The summed E-state index contributed by atoms with van der Waals surface area (Å²) in [6.07, 6.45) is 3.81. The number of nitrogens with one attached hydrogen (secondary N) is 1. The second-order valence-corrected chi connectivity index (χ2v) is 6.92. The van der Waals surface area contributed by atoms with Gasteiger partial charge in [0.05, 0.1) is 6.04 Å². The maximum absolute atomic E-state index is 12.6. The zero-order valence-electron chi connectivity index (χ0n) is 13.0. The number of urea groups is 1. The van der Waals surface area contributed by atoms with Crippen LogP contribution in [0.1, 0.15) is 44.2 Å². The summed E-state index contributed by atoms with van der Waals surface area (Å²) in [7, 11) is 0. The van der Waals surface area contributed by atoms with E-state index in [9.17, 15) is 9.59 Å². The highest BCUT2D eigenvalue weighted by atomic mass is 32.1. The number of rotatable bonds is 2. The lowest BCUT2D eigenvalue weighted by Gasteiger charge is -2.33. The van der Waals surface area contributed by atoms with Gasteiger partial charge in [0.15, 0.2) is 0 Å². The van der Waals surface area contributed by atoms with Gasteiger partial charge in [-0.05, 0) is 48.1 Å². The molecule has 1 aromatic heterocycles. The topological polar surface area (TPSA) is 52.7 Å². The molecule has 0 aromatic carbocycles. The van der Waals surface area contributed by atoms with Gasteiger partial charge in [-0.1, -0.05) is 0 Å². The predicted octanol–water partition coefficient (Wildman–Crippen LogP) is 2.61. The molecule has 1 aromatic rings. The van der Waals surface area contributed by atoms with Gasteiger partial charge in [0, 0.05) is 32.6 Å². The number of piperidine rings is 1. The highest BCUT2D eigenvalue weighted by Gasteiger charge is 2.32. The van der Waals surface area contributed by atoms with Crippen molar-refractivity contribution in [2.24, 2.45) is 0 Å². The maximum atomic E-state index is 12.6. The fourth-order valence-electron chi connectivity index (χ4n) is 3.42. The Morgan fingerprint density at radius 3 is 2.64 bits per heavy atom. The first-order valence-corrected chi connectivity index (χ1v) is 8.94. The summed E-state index contributed by atoms with van der Waals surface area (Å²) < 4.78 is 0. The third-order valence-corrected chi connectivity index (χ3v) is 5.41. The van der Waals surface area contributed by atoms with Crippen LogP contribution in [0, 0.1) is 0 Å². The first kappa shape index (κ1) is 15.3. The third-order valence-electron chi connectivity index (χ3n) is 4.71. The lowest BCUT2D eigenvalue weighted by molar-refractivity contribution is -0.129. The molecule has 22 heavy (non-hydrogen) atoms. The van der Waals surface area contributed by atoms with Crippen LogP contribution in [-0.2, 0) is 4.79 Å². The van der Waals surface area contributed by atoms with Crippen LogP contribution in [0.3, 0.4) is 0 Å². The van der Waals surface area contributed by atoms with Gasteiger partial charge in [0.2, 0.25) is 5.91 Å². The van der Waals surface area contributed by atoms with E-state index in [1.807, 2.05) is 9.80 Å². The van der Waals surface area contributed by atoms with E-state index in [0.29, 0.717) is 0 Å². The number of thiophene rings is 1. The van der Waals surface area contributed by atoms with Crippen molar-refractivity contribution < 1.29 is 9.59 Å². The summed E-state index contributed by atoms with van der Waals surface area (Å²) in [5.74, 6) is 0.127. The largest absolute Gasteiger partial charge is 0.343 e. The molecule has 3 heterocycles. The standard InChI is InChI=1S/C16H23N3O2S/c1-12(20)18-8-4-14(5-9-18)17-16(21)19-7-2-3-15(19)13-6-10-22-11-13/h6,10-11,14-15H,2-5,7-9H2,1H3,(H,17,21)/t15-/m0/s1. The van der Waals surface area contributed by atoms with Crippen molar-refractivity contribution >= 4 is 23.3 Å². The molecule has 3 rings (SSSR count). The Balaban J connectivity index is 1.55. The summed E-state index contributed by atoms with van der Waals surface area (Å²) in [6, 6.07) is 2.58. The number of amides is 3. The van der Waals surface area contributed by atoms with Gasteiger partial charge in [-0.3, -0.25) is 4.79 Å². The van der Waals surface area contributed by atoms with Gasteiger partial charge in [0.1, 0.15) is 0 Å². The van der Waals surface area contributed by atoms with E-state index in [1.54, 1.807) is 18.3 Å². The lowest BCUT2D eigenvalue weighted by atomic mass is 10.1. The molecule has 2 saturated heterocycles. The van der Waals surface area contributed by atoms with Crippen LogP contribution in [-0.4, -0.2) is 47.4 Å². The SMILES string of the molecule is CC(=O)N1CCC(NC(=O)N2CCC[C@H]2c2ccsc2)CC1. The number of hydrogen-bond donors (Lipinski definition) is 1. The summed E-state index contributed by atoms with van der Waals surface area (Å²) in [5.41, 5.74) is 1.25. The molecule has 5 nitrogen and oxygen atoms in total. The normalized spacial score (nSPS) is 22.9. The van der Waals surface area contributed by atoms with Crippen LogP contribution in [0.25, 0.3) is 0 Å². The van der Waals surface area contributed by atoms with Gasteiger partial charge in [0.25, 0.3) is 0 Å². The zero-order valence-corrected chi connectivity index (χ0v) is 13.8.